The molecule has 2 aromatic rings. The molecule has 0 bridgehead atoms. The van der Waals surface area contributed by atoms with Crippen LogP contribution < -0.4 is 14.9 Å². The summed E-state index contributed by atoms with van der Waals surface area (Å²) in [5.74, 6) is -1.55. The van der Waals surface area contributed by atoms with Gasteiger partial charge in [-0.1, -0.05) is 31.2 Å². The number of carbonyl (C=O) groups excluding carboxylic acids is 2. The molecule has 0 aromatic heterocycles. The van der Waals surface area contributed by atoms with Crippen molar-refractivity contribution in [1.29, 1.82) is 0 Å². The van der Waals surface area contributed by atoms with E-state index in [4.69, 9.17) is 14.5 Å². The van der Waals surface area contributed by atoms with Crippen molar-refractivity contribution in [2.75, 3.05) is 26.1 Å². The molecule has 46 heavy (non-hydrogen) atoms. The number of carbonyl (C=O) groups is 2. The highest BCUT2D eigenvalue weighted by Gasteiger charge is 2.76. The van der Waals surface area contributed by atoms with Crippen LogP contribution in [0.3, 0.4) is 0 Å². The Hall–Kier alpha value is -3.60. The van der Waals surface area contributed by atoms with E-state index in [-0.39, 0.29) is 24.8 Å². The number of fused-ring (bicyclic) bond motifs is 5. The van der Waals surface area contributed by atoms with Crippen LogP contribution in [0.1, 0.15) is 50.7 Å². The summed E-state index contributed by atoms with van der Waals surface area (Å²) in [6.45, 7) is 2.43. The second-order valence-electron chi connectivity index (χ2n) is 13.6. The van der Waals surface area contributed by atoms with Gasteiger partial charge in [0, 0.05) is 23.8 Å². The van der Waals surface area contributed by atoms with Crippen LogP contribution in [0.2, 0.25) is 0 Å². The molecule has 4 aliphatic carbocycles. The monoisotopic (exact) mass is 637 g/mol. The standard InChI is InChI=1S/C36H41F2NO7/c1-33-13-11-23(41)17-27(33)28(37)18-26-25-12-14-35(32(43)20-40,34(25,2)19-31(42)36(26,33)38)46-45-24-8-5-21(6-9-24)15-22-7-10-29(39-3)30(16-22)44-4/h5-11,13,16-17,25-26,28,31,39-40,42H,12,14-15,18-20H2,1-4H3/t25?,26?,28-,31?,33?,34?,35?,36-/m0/s1. The molecule has 0 aliphatic heterocycles. The van der Waals surface area contributed by atoms with Gasteiger partial charge in [0.2, 0.25) is 0 Å². The highest BCUT2D eigenvalue weighted by molar-refractivity contribution is 6.01. The first-order valence-electron chi connectivity index (χ1n) is 15.8. The van der Waals surface area contributed by atoms with Crippen molar-refractivity contribution in [3.63, 3.8) is 0 Å². The minimum atomic E-state index is -2.28. The lowest BCUT2D eigenvalue weighted by molar-refractivity contribution is -0.323. The molecule has 4 aliphatic rings. The number of allylic oxidation sites excluding steroid dienone is 4. The van der Waals surface area contributed by atoms with Gasteiger partial charge < -0.3 is 25.2 Å². The molecule has 10 heteroatoms. The van der Waals surface area contributed by atoms with Gasteiger partial charge in [-0.15, -0.1) is 0 Å². The Labute approximate surface area is 267 Å². The van der Waals surface area contributed by atoms with Crippen molar-refractivity contribution >= 4 is 17.3 Å². The molecule has 2 aromatic carbocycles. The van der Waals surface area contributed by atoms with Gasteiger partial charge in [0.05, 0.1) is 18.9 Å². The zero-order valence-electron chi connectivity index (χ0n) is 26.5. The number of aliphatic hydroxyl groups is 2. The van der Waals surface area contributed by atoms with Crippen LogP contribution >= 0.6 is 0 Å². The average Bonchev–Trinajstić information content (AvgIpc) is 3.34. The van der Waals surface area contributed by atoms with Crippen molar-refractivity contribution in [3.05, 3.63) is 77.4 Å². The quantitative estimate of drug-likeness (QED) is 0.252. The maximum atomic E-state index is 17.5. The summed E-state index contributed by atoms with van der Waals surface area (Å²) in [5.41, 5.74) is -3.75. The van der Waals surface area contributed by atoms with Crippen molar-refractivity contribution < 1.29 is 43.1 Å². The third kappa shape index (κ3) is 4.63. The molecule has 246 valence electrons. The largest absolute Gasteiger partial charge is 0.495 e. The maximum absolute atomic E-state index is 17.5. The van der Waals surface area contributed by atoms with Gasteiger partial charge in [0.1, 0.15) is 18.5 Å². The summed E-state index contributed by atoms with van der Waals surface area (Å²) in [6, 6.07) is 13.1. The van der Waals surface area contributed by atoms with E-state index in [1.54, 1.807) is 26.2 Å². The van der Waals surface area contributed by atoms with Gasteiger partial charge in [0.25, 0.3) is 0 Å². The normalized spacial score (nSPS) is 36.3. The Morgan fingerprint density at radius 2 is 1.83 bits per heavy atom. The number of rotatable bonds is 9. The Morgan fingerprint density at radius 1 is 1.11 bits per heavy atom. The van der Waals surface area contributed by atoms with Crippen LogP contribution in [0.4, 0.5) is 14.5 Å². The third-order valence-corrected chi connectivity index (χ3v) is 11.5. The van der Waals surface area contributed by atoms with Crippen molar-refractivity contribution in [2.24, 2.45) is 22.7 Å². The van der Waals surface area contributed by atoms with Gasteiger partial charge in [-0.3, -0.25) is 9.59 Å². The second kappa shape index (κ2) is 11.6. The van der Waals surface area contributed by atoms with Crippen LogP contribution in [0.25, 0.3) is 0 Å². The molecule has 0 saturated heterocycles. The first-order chi connectivity index (χ1) is 21.9. The molecule has 6 rings (SSSR count). The van der Waals surface area contributed by atoms with Gasteiger partial charge >= 0.3 is 0 Å². The molecular formula is C36H41F2NO7. The van der Waals surface area contributed by atoms with Gasteiger partial charge in [-0.2, -0.15) is 4.89 Å². The maximum Gasteiger partial charge on any atom is 0.194 e. The molecule has 3 fully saturated rings. The second-order valence-corrected chi connectivity index (χ2v) is 13.6. The molecular weight excluding hydrogens is 596 g/mol. The molecule has 3 N–H and O–H groups in total. The number of aliphatic hydroxyl groups excluding tert-OH is 2. The van der Waals surface area contributed by atoms with Crippen molar-refractivity contribution in [1.82, 2.24) is 0 Å². The number of nitrogens with one attached hydrogen (secondary N) is 1. The molecule has 6 unspecified atom stereocenters. The first kappa shape index (κ1) is 32.3. The van der Waals surface area contributed by atoms with Crippen molar-refractivity contribution in [3.8, 4) is 11.5 Å². The Bertz CT molecular complexity index is 1590. The van der Waals surface area contributed by atoms with E-state index in [1.165, 1.54) is 19.1 Å². The zero-order valence-corrected chi connectivity index (χ0v) is 26.5. The summed E-state index contributed by atoms with van der Waals surface area (Å²) in [5, 5.41) is 24.8. The number of alkyl halides is 2. The van der Waals surface area contributed by atoms with Crippen LogP contribution in [0, 0.1) is 22.7 Å². The Kier molecular flexibility index (Phi) is 8.14. The fourth-order valence-electron chi connectivity index (χ4n) is 9.03. The molecule has 8 nitrogen and oxygen atoms in total. The van der Waals surface area contributed by atoms with Crippen LogP contribution in [-0.2, 0) is 20.9 Å². The summed E-state index contributed by atoms with van der Waals surface area (Å²) in [4.78, 5) is 37.4. The number of hydrogen-bond donors (Lipinski definition) is 3. The average molecular weight is 638 g/mol. The minimum Gasteiger partial charge on any atom is -0.495 e. The predicted octanol–water partition coefficient (Wildman–Crippen LogP) is 5.26. The van der Waals surface area contributed by atoms with E-state index in [9.17, 15) is 19.8 Å². The van der Waals surface area contributed by atoms with E-state index in [0.717, 1.165) is 28.6 Å². The number of ketones is 2. The van der Waals surface area contributed by atoms with E-state index in [2.05, 4.69) is 5.32 Å². The Morgan fingerprint density at radius 3 is 2.50 bits per heavy atom. The van der Waals surface area contributed by atoms with Crippen molar-refractivity contribution in [2.45, 2.75) is 69.5 Å². The number of benzene rings is 2. The van der Waals surface area contributed by atoms with Gasteiger partial charge in [-0.25, -0.2) is 8.78 Å². The number of ether oxygens (including phenoxy) is 1. The molecule has 8 atom stereocenters. The molecule has 0 spiro atoms. The van der Waals surface area contributed by atoms with Crippen LogP contribution in [-0.4, -0.2) is 66.1 Å². The highest BCUT2D eigenvalue weighted by Crippen LogP contribution is 2.70. The Balaban J connectivity index is 1.25. The topological polar surface area (TPSA) is 114 Å². The van der Waals surface area contributed by atoms with E-state index >= 15 is 8.78 Å². The smallest absolute Gasteiger partial charge is 0.194 e. The lowest BCUT2D eigenvalue weighted by Gasteiger charge is -2.63. The number of hydrogen-bond acceptors (Lipinski definition) is 8. The van der Waals surface area contributed by atoms with E-state index < -0.39 is 64.4 Å². The predicted molar refractivity (Wildman–Crippen MR) is 167 cm³/mol. The summed E-state index contributed by atoms with van der Waals surface area (Å²) in [7, 11) is 3.45. The number of methoxy groups -OCH3 is 1. The van der Waals surface area contributed by atoms with Gasteiger partial charge in [0.15, 0.2) is 28.6 Å². The lowest BCUT2D eigenvalue weighted by atomic mass is 9.44. The minimum absolute atomic E-state index is 0.0363. The van der Waals surface area contributed by atoms with E-state index in [0.29, 0.717) is 18.6 Å². The first-order valence-corrected chi connectivity index (χ1v) is 15.8. The number of Topliss-reactive ketones (excluding diaryl/α,β-unsaturated/α-hetero) is 1. The number of anilines is 1. The SMILES string of the molecule is CNc1ccc(Cc2ccc(OOC3(C(=O)CO)CCC4C5C[C@H](F)C6=CC(=O)C=CC6(C)[C@@]5(F)C(O)CC43C)cc2)cc1OC. The third-order valence-electron chi connectivity index (χ3n) is 11.5. The zero-order chi connectivity index (χ0) is 33.1. The van der Waals surface area contributed by atoms with E-state index in [1.807, 2.05) is 37.4 Å². The lowest BCUT2D eigenvalue weighted by Crippen LogP contribution is -2.70. The fourth-order valence-corrected chi connectivity index (χ4v) is 9.03. The van der Waals surface area contributed by atoms with Gasteiger partial charge in [-0.05, 0) is 98.1 Å². The highest BCUT2D eigenvalue weighted by atomic mass is 19.1. The summed E-state index contributed by atoms with van der Waals surface area (Å²) in [6.07, 6.45) is 1.16. The van der Waals surface area contributed by atoms with Crippen LogP contribution in [0.5, 0.6) is 11.5 Å². The fraction of sp³-hybridized carbons (Fsp3) is 0.500. The molecule has 0 radical (unpaired) electrons. The van der Waals surface area contributed by atoms with Crippen LogP contribution in [0.15, 0.2) is 66.3 Å². The molecule has 0 amide bonds. The summed E-state index contributed by atoms with van der Waals surface area (Å²) < 4.78 is 38.7. The number of halogens is 2. The molecule has 0 heterocycles. The summed E-state index contributed by atoms with van der Waals surface area (Å²) >= 11 is 0. The molecule has 3 saturated carbocycles.